The highest BCUT2D eigenvalue weighted by Gasteiger charge is 2.40. The molecule has 1 saturated heterocycles. The highest BCUT2D eigenvalue weighted by Crippen LogP contribution is 2.33. The molecule has 1 N–H and O–H groups in total. The van der Waals surface area contributed by atoms with Gasteiger partial charge in [0.15, 0.2) is 17.0 Å². The molecule has 0 aliphatic carbocycles. The molecule has 1 aliphatic rings. The van der Waals surface area contributed by atoms with Crippen molar-refractivity contribution in [3.05, 3.63) is 72.9 Å². The maximum Gasteiger partial charge on any atom is 0.330 e. The smallest absolute Gasteiger partial charge is 0.330 e. The van der Waals surface area contributed by atoms with Gasteiger partial charge in [0, 0.05) is 24.1 Å². The van der Waals surface area contributed by atoms with Crippen molar-refractivity contribution in [3.63, 3.8) is 0 Å². The number of amides is 1. The molecule has 0 unspecified atom stereocenters. The first-order valence-electron chi connectivity index (χ1n) is 11.3. The van der Waals surface area contributed by atoms with Crippen molar-refractivity contribution >= 4 is 34.8 Å². The fourth-order valence-corrected chi connectivity index (χ4v) is 3.74. The first-order chi connectivity index (χ1) is 17.5. The van der Waals surface area contributed by atoms with E-state index < -0.39 is 30.4 Å². The molecule has 3 atom stereocenters. The number of imidazole rings is 1. The minimum atomic E-state index is -0.699. The van der Waals surface area contributed by atoms with Crippen LogP contribution in [0.3, 0.4) is 0 Å². The van der Waals surface area contributed by atoms with E-state index in [0.717, 1.165) is 0 Å². The van der Waals surface area contributed by atoms with E-state index in [9.17, 15) is 14.4 Å². The van der Waals surface area contributed by atoms with E-state index in [1.54, 1.807) is 54.8 Å². The van der Waals surface area contributed by atoms with Gasteiger partial charge >= 0.3 is 11.9 Å². The molecule has 1 amide bonds. The van der Waals surface area contributed by atoms with Crippen LogP contribution in [0.2, 0.25) is 0 Å². The summed E-state index contributed by atoms with van der Waals surface area (Å²) in [6.45, 7) is 3.30. The van der Waals surface area contributed by atoms with Gasteiger partial charge in [0.05, 0.1) is 6.33 Å². The first kappa shape index (κ1) is 24.7. The van der Waals surface area contributed by atoms with Crippen LogP contribution in [0, 0.1) is 0 Å². The number of aromatic nitrogens is 4. The van der Waals surface area contributed by atoms with Crippen molar-refractivity contribution in [2.45, 2.75) is 38.7 Å². The van der Waals surface area contributed by atoms with E-state index in [0.29, 0.717) is 16.7 Å². The summed E-state index contributed by atoms with van der Waals surface area (Å²) in [4.78, 5) is 49.3. The van der Waals surface area contributed by atoms with Gasteiger partial charge in [-0.2, -0.15) is 0 Å². The molecule has 1 aromatic carbocycles. The van der Waals surface area contributed by atoms with Gasteiger partial charge in [-0.3, -0.25) is 9.36 Å². The van der Waals surface area contributed by atoms with Crippen LogP contribution in [-0.2, 0) is 23.8 Å². The number of hydrogen-bond acceptors (Lipinski definition) is 9. The average molecular weight is 492 g/mol. The SMILES string of the molecule is C/C=C/C(=O)OC[C@H]1O[C@@H](n2cnc3c(NC(=O)c4ccccc4)ncnc32)C[C@@H]1OC(=O)/C=C/C. The summed E-state index contributed by atoms with van der Waals surface area (Å²) >= 11 is 0. The van der Waals surface area contributed by atoms with Crippen molar-refractivity contribution in [1.29, 1.82) is 0 Å². The third-order valence-corrected chi connectivity index (χ3v) is 5.38. The van der Waals surface area contributed by atoms with Gasteiger partial charge in [0.25, 0.3) is 5.91 Å². The Balaban J connectivity index is 1.55. The molecule has 0 spiro atoms. The summed E-state index contributed by atoms with van der Waals surface area (Å²) < 4.78 is 18.5. The molecule has 11 heteroatoms. The molecule has 186 valence electrons. The fraction of sp³-hybridized carbons (Fsp3) is 0.280. The van der Waals surface area contributed by atoms with Gasteiger partial charge in [-0.25, -0.2) is 24.5 Å². The van der Waals surface area contributed by atoms with E-state index in [-0.39, 0.29) is 24.8 Å². The number of benzene rings is 1. The third-order valence-electron chi connectivity index (χ3n) is 5.38. The molecule has 3 heterocycles. The van der Waals surface area contributed by atoms with Crippen LogP contribution in [0.15, 0.2) is 67.3 Å². The van der Waals surface area contributed by atoms with Gasteiger partial charge in [-0.15, -0.1) is 0 Å². The van der Waals surface area contributed by atoms with Crippen LogP contribution in [0.25, 0.3) is 11.2 Å². The summed E-state index contributed by atoms with van der Waals surface area (Å²) in [6, 6.07) is 8.74. The lowest BCUT2D eigenvalue weighted by Gasteiger charge is -2.17. The normalized spacial score (nSPS) is 19.7. The monoisotopic (exact) mass is 491 g/mol. The van der Waals surface area contributed by atoms with Crippen LogP contribution >= 0.6 is 0 Å². The molecule has 2 aromatic heterocycles. The molecular formula is C25H25N5O6. The van der Waals surface area contributed by atoms with Crippen LogP contribution in [0.1, 0.15) is 36.9 Å². The Labute approximate surface area is 206 Å². The van der Waals surface area contributed by atoms with Crippen LogP contribution in [0.5, 0.6) is 0 Å². The topological polar surface area (TPSA) is 135 Å². The zero-order chi connectivity index (χ0) is 25.5. The lowest BCUT2D eigenvalue weighted by Crippen LogP contribution is -2.31. The van der Waals surface area contributed by atoms with Gasteiger partial charge < -0.3 is 19.5 Å². The van der Waals surface area contributed by atoms with Crippen LogP contribution < -0.4 is 5.32 Å². The lowest BCUT2D eigenvalue weighted by atomic mass is 10.2. The second kappa shape index (κ2) is 11.4. The Morgan fingerprint density at radius 3 is 2.58 bits per heavy atom. The minimum absolute atomic E-state index is 0.104. The van der Waals surface area contributed by atoms with Crippen LogP contribution in [-0.4, -0.2) is 56.2 Å². The number of nitrogens with zero attached hydrogens (tertiary/aromatic N) is 4. The zero-order valence-corrected chi connectivity index (χ0v) is 19.7. The van der Waals surface area contributed by atoms with E-state index in [1.807, 2.05) is 6.07 Å². The maximum absolute atomic E-state index is 12.6. The third kappa shape index (κ3) is 5.63. The zero-order valence-electron chi connectivity index (χ0n) is 19.7. The lowest BCUT2D eigenvalue weighted by molar-refractivity contribution is -0.152. The molecule has 1 aliphatic heterocycles. The van der Waals surface area contributed by atoms with E-state index in [2.05, 4.69) is 20.3 Å². The number of nitrogens with one attached hydrogen (secondary N) is 1. The Morgan fingerprint density at radius 2 is 1.83 bits per heavy atom. The number of allylic oxidation sites excluding steroid dienone is 2. The van der Waals surface area contributed by atoms with Crippen molar-refractivity contribution in [2.24, 2.45) is 0 Å². The number of esters is 2. The number of hydrogen-bond donors (Lipinski definition) is 1. The molecular weight excluding hydrogens is 466 g/mol. The summed E-state index contributed by atoms with van der Waals surface area (Å²) in [7, 11) is 0. The number of fused-ring (bicyclic) bond motifs is 1. The highest BCUT2D eigenvalue weighted by atomic mass is 16.6. The highest BCUT2D eigenvalue weighted by molar-refractivity contribution is 6.06. The Kier molecular flexibility index (Phi) is 7.81. The molecule has 3 aromatic rings. The summed E-state index contributed by atoms with van der Waals surface area (Å²) in [5.41, 5.74) is 1.27. The Bertz CT molecular complexity index is 1300. The summed E-state index contributed by atoms with van der Waals surface area (Å²) in [5.74, 6) is -1.14. The molecule has 1 fully saturated rings. The fourth-order valence-electron chi connectivity index (χ4n) is 3.74. The van der Waals surface area contributed by atoms with E-state index >= 15 is 0 Å². The molecule has 11 nitrogen and oxygen atoms in total. The molecule has 0 radical (unpaired) electrons. The van der Waals surface area contributed by atoms with E-state index in [4.69, 9.17) is 14.2 Å². The number of rotatable bonds is 8. The standard InChI is InChI=1S/C25H25N5O6/c1-3-8-20(31)34-13-18-17(36-21(32)9-4-2)12-19(35-18)30-15-28-22-23(26-14-27-24(22)30)29-25(33)16-10-6-5-7-11-16/h3-11,14-15,17-19H,12-13H2,1-2H3,(H,26,27,29,33)/b8-3+,9-4+/t17-,18+,19+/m0/s1. The minimum Gasteiger partial charge on any atom is -0.460 e. The quantitative estimate of drug-likeness (QED) is 0.373. The summed E-state index contributed by atoms with van der Waals surface area (Å²) in [6.07, 6.45) is 6.85. The van der Waals surface area contributed by atoms with Gasteiger partial charge in [-0.1, -0.05) is 30.4 Å². The number of anilines is 1. The van der Waals surface area contributed by atoms with Gasteiger partial charge in [0.2, 0.25) is 0 Å². The van der Waals surface area contributed by atoms with Crippen LogP contribution in [0.4, 0.5) is 5.82 Å². The largest absolute Gasteiger partial charge is 0.460 e. The Hall–Kier alpha value is -4.38. The predicted molar refractivity (Wildman–Crippen MR) is 129 cm³/mol. The van der Waals surface area contributed by atoms with Crippen molar-refractivity contribution < 1.29 is 28.6 Å². The van der Waals surface area contributed by atoms with Crippen molar-refractivity contribution in [1.82, 2.24) is 19.5 Å². The van der Waals surface area contributed by atoms with Gasteiger partial charge in [-0.05, 0) is 26.0 Å². The van der Waals surface area contributed by atoms with Gasteiger partial charge in [0.1, 0.15) is 31.4 Å². The predicted octanol–water partition coefficient (Wildman–Crippen LogP) is 2.97. The second-order valence-corrected chi connectivity index (χ2v) is 7.84. The summed E-state index contributed by atoms with van der Waals surface area (Å²) in [5, 5.41) is 2.76. The molecule has 0 saturated carbocycles. The molecule has 36 heavy (non-hydrogen) atoms. The van der Waals surface area contributed by atoms with E-state index in [1.165, 1.54) is 24.8 Å². The number of carbonyl (C=O) groups excluding carboxylic acids is 3. The number of ether oxygens (including phenoxy) is 3. The van der Waals surface area contributed by atoms with Crippen molar-refractivity contribution in [3.8, 4) is 0 Å². The first-order valence-corrected chi connectivity index (χ1v) is 11.3. The van der Waals surface area contributed by atoms with Crippen molar-refractivity contribution in [2.75, 3.05) is 11.9 Å². The maximum atomic E-state index is 12.6. The molecule has 0 bridgehead atoms. The molecule has 4 rings (SSSR count). The number of carbonyl (C=O) groups is 3. The second-order valence-electron chi connectivity index (χ2n) is 7.84. The Morgan fingerprint density at radius 1 is 1.08 bits per heavy atom. The average Bonchev–Trinajstić information content (AvgIpc) is 3.48.